The van der Waals surface area contributed by atoms with E-state index in [0.717, 1.165) is 5.56 Å². The molecule has 138 valence electrons. The van der Waals surface area contributed by atoms with E-state index in [1.165, 1.54) is 20.1 Å². The highest BCUT2D eigenvalue weighted by Gasteiger charge is 2.15. The van der Waals surface area contributed by atoms with E-state index >= 15 is 0 Å². The second-order valence-corrected chi connectivity index (χ2v) is 6.47. The number of nitrogens with zero attached hydrogens (tertiary/aromatic N) is 1. The van der Waals surface area contributed by atoms with E-state index in [9.17, 15) is 14.9 Å². The van der Waals surface area contributed by atoms with Crippen molar-refractivity contribution < 1.29 is 19.1 Å². The van der Waals surface area contributed by atoms with E-state index in [4.69, 9.17) is 9.47 Å². The summed E-state index contributed by atoms with van der Waals surface area (Å²) in [6.07, 6.45) is 1.42. The van der Waals surface area contributed by atoms with Gasteiger partial charge >= 0.3 is 5.97 Å². The Balaban J connectivity index is 2.32. The number of carbonyl (C=O) groups is 2. The largest absolute Gasteiger partial charge is 0.493 e. The van der Waals surface area contributed by atoms with Gasteiger partial charge < -0.3 is 14.8 Å². The third-order valence-electron chi connectivity index (χ3n) is 3.48. The monoisotopic (exact) mass is 428 g/mol. The molecule has 2 aromatic carbocycles. The summed E-state index contributed by atoms with van der Waals surface area (Å²) in [4.78, 5) is 23.6. The molecule has 7 heteroatoms. The minimum atomic E-state index is -0.527. The number of halogens is 1. The average Bonchev–Trinajstić information content (AvgIpc) is 2.63. The molecule has 0 atom stereocenters. The van der Waals surface area contributed by atoms with Crippen LogP contribution in [0.25, 0.3) is 6.08 Å². The van der Waals surface area contributed by atoms with Gasteiger partial charge in [-0.2, -0.15) is 5.26 Å². The van der Waals surface area contributed by atoms with Crippen LogP contribution in [0.1, 0.15) is 18.1 Å². The number of nitrogens with one attached hydrogen (secondary N) is 1. The number of amides is 1. The Morgan fingerprint density at radius 1 is 1.22 bits per heavy atom. The summed E-state index contributed by atoms with van der Waals surface area (Å²) in [6, 6.07) is 12.3. The standard InChI is InChI=1S/C20H17BrN2O4/c1-12-4-6-16(7-5-12)23-20(25)15(11-22)8-14-9-17(21)19(27-13(2)24)18(10-14)26-3/h4-10H,1-3H3,(H,23,25). The highest BCUT2D eigenvalue weighted by atomic mass is 79.9. The van der Waals surface area contributed by atoms with Crippen LogP contribution in [0.2, 0.25) is 0 Å². The van der Waals surface area contributed by atoms with Gasteiger partial charge in [-0.3, -0.25) is 9.59 Å². The summed E-state index contributed by atoms with van der Waals surface area (Å²) in [7, 11) is 1.43. The number of nitriles is 1. The van der Waals surface area contributed by atoms with Crippen LogP contribution in [-0.2, 0) is 9.59 Å². The molecule has 6 nitrogen and oxygen atoms in total. The molecule has 1 N–H and O–H groups in total. The van der Waals surface area contributed by atoms with Gasteiger partial charge in [-0.25, -0.2) is 0 Å². The summed E-state index contributed by atoms with van der Waals surface area (Å²) in [6.45, 7) is 3.22. The lowest BCUT2D eigenvalue weighted by Gasteiger charge is -2.11. The van der Waals surface area contributed by atoms with Gasteiger partial charge in [-0.1, -0.05) is 17.7 Å². The lowest BCUT2D eigenvalue weighted by molar-refractivity contribution is -0.132. The molecule has 2 aromatic rings. The third-order valence-corrected chi connectivity index (χ3v) is 4.07. The molecule has 0 saturated heterocycles. The topological polar surface area (TPSA) is 88.4 Å². The maximum Gasteiger partial charge on any atom is 0.308 e. The number of methoxy groups -OCH3 is 1. The number of benzene rings is 2. The number of hydrogen-bond acceptors (Lipinski definition) is 5. The van der Waals surface area contributed by atoms with Crippen LogP contribution < -0.4 is 14.8 Å². The minimum absolute atomic E-state index is 0.0789. The van der Waals surface area contributed by atoms with E-state index in [2.05, 4.69) is 21.2 Å². The number of anilines is 1. The van der Waals surface area contributed by atoms with Gasteiger partial charge in [-0.05, 0) is 58.8 Å². The molecule has 0 aliphatic rings. The first-order valence-electron chi connectivity index (χ1n) is 7.89. The van der Waals surface area contributed by atoms with E-state index in [0.29, 0.717) is 21.5 Å². The van der Waals surface area contributed by atoms with Crippen molar-refractivity contribution in [2.45, 2.75) is 13.8 Å². The third kappa shape index (κ3) is 5.43. The van der Waals surface area contributed by atoms with Gasteiger partial charge in [0.15, 0.2) is 11.5 Å². The van der Waals surface area contributed by atoms with Gasteiger partial charge in [0.25, 0.3) is 5.91 Å². The Kier molecular flexibility index (Phi) is 6.74. The van der Waals surface area contributed by atoms with Crippen molar-refractivity contribution in [3.05, 3.63) is 57.6 Å². The average molecular weight is 429 g/mol. The first-order valence-corrected chi connectivity index (χ1v) is 8.69. The quantitative estimate of drug-likeness (QED) is 0.333. The van der Waals surface area contributed by atoms with E-state index in [-0.39, 0.29) is 11.3 Å². The van der Waals surface area contributed by atoms with E-state index in [1.54, 1.807) is 24.3 Å². The van der Waals surface area contributed by atoms with Crippen LogP contribution in [0, 0.1) is 18.3 Å². The normalized spacial score (nSPS) is 10.7. The van der Waals surface area contributed by atoms with Crippen LogP contribution in [0.4, 0.5) is 5.69 Å². The zero-order valence-electron chi connectivity index (χ0n) is 15.0. The van der Waals surface area contributed by atoms with Crippen molar-refractivity contribution in [3.63, 3.8) is 0 Å². The number of rotatable bonds is 5. The molecule has 0 saturated carbocycles. The van der Waals surface area contributed by atoms with Crippen molar-refractivity contribution in [3.8, 4) is 17.6 Å². The number of carbonyl (C=O) groups excluding carboxylic acids is 2. The molecule has 1 amide bonds. The first kappa shape index (κ1) is 20.2. The fraction of sp³-hybridized carbons (Fsp3) is 0.150. The molecule has 0 aliphatic carbocycles. The van der Waals surface area contributed by atoms with Crippen LogP contribution in [-0.4, -0.2) is 19.0 Å². The van der Waals surface area contributed by atoms with Gasteiger partial charge in [-0.15, -0.1) is 0 Å². The predicted octanol–water partition coefficient (Wildman–Crippen LogP) is 4.24. The van der Waals surface area contributed by atoms with Crippen LogP contribution in [0.15, 0.2) is 46.4 Å². The molecule has 0 aliphatic heterocycles. The summed E-state index contributed by atoms with van der Waals surface area (Å²) in [5, 5.41) is 12.0. The molecule has 0 aromatic heterocycles. The molecule has 2 rings (SSSR count). The van der Waals surface area contributed by atoms with Crippen LogP contribution >= 0.6 is 15.9 Å². The Morgan fingerprint density at radius 3 is 2.44 bits per heavy atom. The number of aryl methyl sites for hydroxylation is 1. The second-order valence-electron chi connectivity index (χ2n) is 5.62. The molecule has 0 bridgehead atoms. The molecule has 0 radical (unpaired) electrons. The molecule has 0 unspecified atom stereocenters. The first-order chi connectivity index (χ1) is 12.8. The lowest BCUT2D eigenvalue weighted by atomic mass is 10.1. The molecule has 27 heavy (non-hydrogen) atoms. The van der Waals surface area contributed by atoms with Gasteiger partial charge in [0.2, 0.25) is 0 Å². The number of ether oxygens (including phenoxy) is 2. The maximum absolute atomic E-state index is 12.4. The highest BCUT2D eigenvalue weighted by Crippen LogP contribution is 2.37. The summed E-state index contributed by atoms with van der Waals surface area (Å²) in [5.74, 6) is -0.500. The maximum atomic E-state index is 12.4. The predicted molar refractivity (Wildman–Crippen MR) is 105 cm³/mol. The van der Waals surface area contributed by atoms with Crippen molar-refractivity contribution in [1.29, 1.82) is 5.26 Å². The smallest absolute Gasteiger partial charge is 0.308 e. The van der Waals surface area contributed by atoms with Crippen LogP contribution in [0.3, 0.4) is 0 Å². The van der Waals surface area contributed by atoms with Crippen molar-refractivity contribution in [1.82, 2.24) is 0 Å². The van der Waals surface area contributed by atoms with Gasteiger partial charge in [0.05, 0.1) is 11.6 Å². The lowest BCUT2D eigenvalue weighted by Crippen LogP contribution is -2.13. The summed E-state index contributed by atoms with van der Waals surface area (Å²) in [5.41, 5.74) is 2.11. The summed E-state index contributed by atoms with van der Waals surface area (Å²) >= 11 is 3.31. The Labute approximate surface area is 165 Å². The van der Waals surface area contributed by atoms with E-state index in [1.807, 2.05) is 25.1 Å². The Hall–Kier alpha value is -3.11. The molecular formula is C20H17BrN2O4. The second kappa shape index (κ2) is 9.01. The molecule has 0 heterocycles. The van der Waals surface area contributed by atoms with Crippen molar-refractivity contribution in [2.75, 3.05) is 12.4 Å². The number of hydrogen-bond donors (Lipinski definition) is 1. The fourth-order valence-electron chi connectivity index (χ4n) is 2.22. The zero-order chi connectivity index (χ0) is 20.0. The minimum Gasteiger partial charge on any atom is -0.493 e. The van der Waals surface area contributed by atoms with Gasteiger partial charge in [0.1, 0.15) is 11.6 Å². The summed E-state index contributed by atoms with van der Waals surface area (Å²) < 4.78 is 10.8. The zero-order valence-corrected chi connectivity index (χ0v) is 16.6. The molecular weight excluding hydrogens is 412 g/mol. The Morgan fingerprint density at radius 2 is 1.89 bits per heavy atom. The Bertz CT molecular complexity index is 944. The van der Waals surface area contributed by atoms with Gasteiger partial charge in [0, 0.05) is 12.6 Å². The van der Waals surface area contributed by atoms with Crippen molar-refractivity contribution >= 4 is 39.6 Å². The SMILES string of the molecule is COc1cc(C=C(C#N)C(=O)Nc2ccc(C)cc2)cc(Br)c1OC(C)=O. The molecule has 0 fully saturated rings. The fourth-order valence-corrected chi connectivity index (χ4v) is 2.76. The highest BCUT2D eigenvalue weighted by molar-refractivity contribution is 9.10. The van der Waals surface area contributed by atoms with Crippen molar-refractivity contribution in [2.24, 2.45) is 0 Å². The molecule has 0 spiro atoms. The number of esters is 1. The van der Waals surface area contributed by atoms with Crippen LogP contribution in [0.5, 0.6) is 11.5 Å². The van der Waals surface area contributed by atoms with E-state index < -0.39 is 11.9 Å².